The van der Waals surface area contributed by atoms with Crippen molar-refractivity contribution in [3.05, 3.63) is 28.8 Å². The molecule has 0 spiro atoms. The molecule has 0 radical (unpaired) electrons. The number of aryl methyl sites for hydroxylation is 2. The maximum atomic E-state index is 12.3. The number of aliphatic hydroxyl groups excluding tert-OH is 1. The van der Waals surface area contributed by atoms with Crippen LogP contribution in [-0.2, 0) is 16.6 Å². The molecule has 0 heterocycles. The van der Waals surface area contributed by atoms with Crippen LogP contribution in [0.5, 0.6) is 0 Å². The van der Waals surface area contributed by atoms with Gasteiger partial charge >= 0.3 is 0 Å². The number of aliphatic hydroxyl groups is 1. The molecule has 6 heteroatoms. The fourth-order valence-corrected chi connectivity index (χ4v) is 4.01. The van der Waals surface area contributed by atoms with Crippen LogP contribution in [0.15, 0.2) is 17.0 Å². The van der Waals surface area contributed by atoms with Crippen LogP contribution < -0.4 is 4.72 Å². The van der Waals surface area contributed by atoms with Crippen LogP contribution >= 0.6 is 11.8 Å². The Kier molecular flexibility index (Phi) is 7.73. The van der Waals surface area contributed by atoms with Crippen LogP contribution in [0.25, 0.3) is 0 Å². The molecule has 0 saturated heterocycles. The van der Waals surface area contributed by atoms with E-state index in [9.17, 15) is 13.5 Å². The molecule has 0 bridgehead atoms. The van der Waals surface area contributed by atoms with E-state index in [1.54, 1.807) is 19.1 Å². The smallest absolute Gasteiger partial charge is 0.240 e. The lowest BCUT2D eigenvalue weighted by atomic mass is 10.1. The number of sulfonamides is 1. The second kappa shape index (κ2) is 8.78. The maximum absolute atomic E-state index is 12.3. The van der Waals surface area contributed by atoms with E-state index in [1.165, 1.54) is 0 Å². The van der Waals surface area contributed by atoms with Crippen molar-refractivity contribution in [3.63, 3.8) is 0 Å². The highest BCUT2D eigenvalue weighted by Crippen LogP contribution is 2.20. The van der Waals surface area contributed by atoms with Gasteiger partial charge in [-0.15, -0.1) is 0 Å². The van der Waals surface area contributed by atoms with E-state index in [-0.39, 0.29) is 11.5 Å². The summed E-state index contributed by atoms with van der Waals surface area (Å²) >= 11 is 1.81. The summed E-state index contributed by atoms with van der Waals surface area (Å²) in [7, 11) is -3.50. The van der Waals surface area contributed by atoms with Crippen molar-refractivity contribution < 1.29 is 13.5 Å². The molecular weight excluding hydrogens is 306 g/mol. The Morgan fingerprint density at radius 3 is 2.48 bits per heavy atom. The molecule has 0 aliphatic heterocycles. The number of hydrogen-bond acceptors (Lipinski definition) is 4. The third kappa shape index (κ3) is 5.62. The number of rotatable bonds is 9. The summed E-state index contributed by atoms with van der Waals surface area (Å²) < 4.78 is 27.3. The summed E-state index contributed by atoms with van der Waals surface area (Å²) in [5.74, 6) is 1.11. The van der Waals surface area contributed by atoms with Gasteiger partial charge in [-0.2, -0.15) is 11.8 Å². The normalized spacial score (nSPS) is 11.8. The minimum atomic E-state index is -3.50. The zero-order valence-corrected chi connectivity index (χ0v) is 14.6. The van der Waals surface area contributed by atoms with Crippen molar-refractivity contribution in [1.82, 2.24) is 4.72 Å². The fourth-order valence-electron chi connectivity index (χ4n) is 2.17. The Morgan fingerprint density at radius 1 is 1.14 bits per heavy atom. The molecule has 0 atom stereocenters. The molecule has 1 aromatic carbocycles. The first-order valence-electron chi connectivity index (χ1n) is 7.12. The molecule has 0 saturated carbocycles. The topological polar surface area (TPSA) is 66.4 Å². The summed E-state index contributed by atoms with van der Waals surface area (Å²) in [5.41, 5.74) is 2.27. The molecule has 21 heavy (non-hydrogen) atoms. The van der Waals surface area contributed by atoms with Crippen LogP contribution in [0.3, 0.4) is 0 Å². The lowest BCUT2D eigenvalue weighted by molar-refractivity contribution is 0.280. The molecule has 0 fully saturated rings. The average molecular weight is 332 g/mol. The van der Waals surface area contributed by atoms with Crippen LogP contribution in [0, 0.1) is 13.8 Å². The van der Waals surface area contributed by atoms with E-state index >= 15 is 0 Å². The summed E-state index contributed by atoms with van der Waals surface area (Å²) in [6.45, 7) is 3.96. The van der Waals surface area contributed by atoms with Crippen molar-refractivity contribution in [1.29, 1.82) is 0 Å². The van der Waals surface area contributed by atoms with Gasteiger partial charge in [0.1, 0.15) is 0 Å². The molecule has 2 N–H and O–H groups in total. The van der Waals surface area contributed by atoms with Crippen molar-refractivity contribution in [2.45, 2.75) is 44.6 Å². The molecule has 0 aliphatic rings. The second-order valence-electron chi connectivity index (χ2n) is 5.15. The first-order chi connectivity index (χ1) is 9.92. The first-order valence-corrected chi connectivity index (χ1v) is 9.99. The minimum absolute atomic E-state index is 0.149. The van der Waals surface area contributed by atoms with Gasteiger partial charge < -0.3 is 5.11 Å². The molecular formula is C15H25NO3S2. The Labute approximate surface area is 132 Å². The van der Waals surface area contributed by atoms with Crippen LogP contribution in [-0.4, -0.2) is 32.1 Å². The minimum Gasteiger partial charge on any atom is -0.392 e. The molecule has 0 amide bonds. The standard InChI is InChI=1S/C15H25NO3S2/c1-12-9-13(2)15(10-14(12)11-17)21(18,19)16-7-5-4-6-8-20-3/h9-10,16-17H,4-8,11H2,1-3H3. The second-order valence-corrected chi connectivity index (χ2v) is 7.87. The van der Waals surface area contributed by atoms with Gasteiger partial charge in [0, 0.05) is 6.54 Å². The third-order valence-electron chi connectivity index (χ3n) is 3.41. The predicted octanol–water partition coefficient (Wildman–Crippen LogP) is 2.61. The Hall–Kier alpha value is -0.560. The molecule has 0 aromatic heterocycles. The largest absolute Gasteiger partial charge is 0.392 e. The zero-order chi connectivity index (χ0) is 15.9. The van der Waals surface area contributed by atoms with Gasteiger partial charge in [-0.05, 0) is 61.5 Å². The highest BCUT2D eigenvalue weighted by Gasteiger charge is 2.17. The Bertz CT molecular complexity index is 556. The van der Waals surface area contributed by atoms with Gasteiger partial charge in [0.2, 0.25) is 10.0 Å². The first kappa shape index (κ1) is 18.5. The summed E-state index contributed by atoms with van der Waals surface area (Å²) in [6.07, 6.45) is 5.05. The van der Waals surface area contributed by atoms with Gasteiger partial charge in [-0.1, -0.05) is 12.5 Å². The molecule has 120 valence electrons. The number of unbranched alkanes of at least 4 members (excludes halogenated alkanes) is 2. The Morgan fingerprint density at radius 2 is 1.86 bits per heavy atom. The highest BCUT2D eigenvalue weighted by molar-refractivity contribution is 7.98. The lowest BCUT2D eigenvalue weighted by Crippen LogP contribution is -2.25. The van der Waals surface area contributed by atoms with E-state index in [2.05, 4.69) is 11.0 Å². The van der Waals surface area contributed by atoms with Crippen molar-refractivity contribution in [2.75, 3.05) is 18.6 Å². The van der Waals surface area contributed by atoms with Crippen molar-refractivity contribution in [2.24, 2.45) is 0 Å². The summed E-state index contributed by atoms with van der Waals surface area (Å²) in [4.78, 5) is 0.265. The van der Waals surface area contributed by atoms with Crippen LogP contribution in [0.1, 0.15) is 36.0 Å². The molecule has 0 aliphatic carbocycles. The van der Waals surface area contributed by atoms with E-state index in [1.807, 2.05) is 18.7 Å². The zero-order valence-electron chi connectivity index (χ0n) is 13.0. The van der Waals surface area contributed by atoms with Gasteiger partial charge in [0.15, 0.2) is 0 Å². The Balaban J connectivity index is 2.70. The lowest BCUT2D eigenvalue weighted by Gasteiger charge is -2.12. The highest BCUT2D eigenvalue weighted by atomic mass is 32.2. The van der Waals surface area contributed by atoms with E-state index < -0.39 is 10.0 Å². The van der Waals surface area contributed by atoms with E-state index in [4.69, 9.17) is 0 Å². The SMILES string of the molecule is CSCCCCCNS(=O)(=O)c1cc(CO)c(C)cc1C. The summed E-state index contributed by atoms with van der Waals surface area (Å²) in [5, 5.41) is 9.28. The number of thioether (sulfide) groups is 1. The molecule has 0 unspecified atom stereocenters. The van der Waals surface area contributed by atoms with Crippen LogP contribution in [0.2, 0.25) is 0 Å². The van der Waals surface area contributed by atoms with Gasteiger partial charge in [-0.3, -0.25) is 0 Å². The predicted molar refractivity (Wildman–Crippen MR) is 89.3 cm³/mol. The number of benzene rings is 1. The molecule has 1 aromatic rings. The average Bonchev–Trinajstić information content (AvgIpc) is 2.42. The van der Waals surface area contributed by atoms with Crippen molar-refractivity contribution in [3.8, 4) is 0 Å². The van der Waals surface area contributed by atoms with Gasteiger partial charge in [0.25, 0.3) is 0 Å². The third-order valence-corrected chi connectivity index (χ3v) is 5.71. The van der Waals surface area contributed by atoms with Gasteiger partial charge in [0.05, 0.1) is 11.5 Å². The molecule has 4 nitrogen and oxygen atoms in total. The van der Waals surface area contributed by atoms with E-state index in [0.717, 1.165) is 30.6 Å². The maximum Gasteiger partial charge on any atom is 0.240 e. The summed E-state index contributed by atoms with van der Waals surface area (Å²) in [6, 6.07) is 3.37. The van der Waals surface area contributed by atoms with Crippen LogP contribution in [0.4, 0.5) is 0 Å². The molecule has 1 rings (SSSR count). The number of nitrogens with one attached hydrogen (secondary N) is 1. The van der Waals surface area contributed by atoms with Gasteiger partial charge in [-0.25, -0.2) is 13.1 Å². The fraction of sp³-hybridized carbons (Fsp3) is 0.600. The monoisotopic (exact) mass is 331 g/mol. The number of hydrogen-bond donors (Lipinski definition) is 2. The van der Waals surface area contributed by atoms with E-state index in [0.29, 0.717) is 17.7 Å². The quantitative estimate of drug-likeness (QED) is 0.683. The van der Waals surface area contributed by atoms with Crippen molar-refractivity contribution >= 4 is 21.8 Å².